The molecule has 0 radical (unpaired) electrons. The molecule has 0 unspecified atom stereocenters. The number of ketones is 1. The molecule has 6 nitrogen and oxygen atoms in total. The number of benzene rings is 1. The zero-order chi connectivity index (χ0) is 24.2. The molecule has 3 aromatic rings. The number of carboxylic acids is 1. The minimum atomic E-state index is -0.841. The quantitative estimate of drug-likeness (QED) is 0.355. The zero-order valence-electron chi connectivity index (χ0n) is 20.0. The van der Waals surface area contributed by atoms with E-state index in [9.17, 15) is 9.59 Å². The van der Waals surface area contributed by atoms with Crippen molar-refractivity contribution in [1.82, 2.24) is 9.55 Å². The molecule has 178 valence electrons. The summed E-state index contributed by atoms with van der Waals surface area (Å²) in [6, 6.07) is 9.68. The highest BCUT2D eigenvalue weighted by molar-refractivity contribution is 6.20. The predicted octanol–water partition coefficient (Wildman–Crippen LogP) is 5.58. The van der Waals surface area contributed by atoms with E-state index in [-0.39, 0.29) is 12.2 Å². The fraction of sp³-hybridized carbons (Fsp3) is 0.393. The van der Waals surface area contributed by atoms with Crippen LogP contribution in [0, 0.1) is 5.92 Å². The molecule has 0 atom stereocenters. The van der Waals surface area contributed by atoms with Crippen molar-refractivity contribution in [2.75, 3.05) is 0 Å². The average molecular weight is 460 g/mol. The first-order valence-corrected chi connectivity index (χ1v) is 12.1. The maximum absolute atomic E-state index is 12.3. The Kier molecular flexibility index (Phi) is 7.15. The van der Waals surface area contributed by atoms with Gasteiger partial charge in [0.15, 0.2) is 5.78 Å². The van der Waals surface area contributed by atoms with Crippen LogP contribution in [0.5, 0.6) is 0 Å². The van der Waals surface area contributed by atoms with Crippen molar-refractivity contribution in [1.29, 1.82) is 0 Å². The average Bonchev–Trinajstić information content (AvgIpc) is 2.93. The van der Waals surface area contributed by atoms with Gasteiger partial charge in [-0.15, -0.1) is 0 Å². The molecular weight excluding hydrogens is 426 g/mol. The van der Waals surface area contributed by atoms with Crippen molar-refractivity contribution in [2.24, 2.45) is 11.7 Å². The van der Waals surface area contributed by atoms with E-state index < -0.39 is 5.97 Å². The minimum Gasteiger partial charge on any atom is -0.481 e. The molecule has 34 heavy (non-hydrogen) atoms. The van der Waals surface area contributed by atoms with Crippen molar-refractivity contribution in [3.8, 4) is 11.1 Å². The number of Topliss-reactive ketones (excluding diaryl/α,β-unsaturated/α-hetero) is 1. The number of pyridine rings is 1. The van der Waals surface area contributed by atoms with Crippen LogP contribution in [0.15, 0.2) is 48.4 Å². The van der Waals surface area contributed by atoms with E-state index in [0.717, 1.165) is 39.8 Å². The molecule has 0 saturated heterocycles. The molecule has 0 aliphatic heterocycles. The number of carbonyl (C=O) groups excluding carboxylic acids is 1. The normalized spacial score (nSPS) is 15.7. The number of allylic oxidation sites excluding steroid dienone is 2. The van der Waals surface area contributed by atoms with Crippen LogP contribution >= 0.6 is 0 Å². The third-order valence-corrected chi connectivity index (χ3v) is 6.80. The summed E-state index contributed by atoms with van der Waals surface area (Å²) < 4.78 is 2.28. The van der Waals surface area contributed by atoms with Crippen molar-refractivity contribution in [2.45, 2.75) is 65.3 Å². The third kappa shape index (κ3) is 5.22. The molecule has 2 aromatic heterocycles. The lowest BCUT2D eigenvalue weighted by Crippen LogP contribution is -2.10. The first kappa shape index (κ1) is 23.7. The van der Waals surface area contributed by atoms with Crippen LogP contribution in [-0.2, 0) is 22.6 Å². The van der Waals surface area contributed by atoms with Gasteiger partial charge in [0.2, 0.25) is 0 Å². The molecular formula is C28H33N3O3. The van der Waals surface area contributed by atoms with E-state index in [4.69, 9.17) is 15.8 Å². The number of nitrogens with two attached hydrogens (primary N) is 1. The van der Waals surface area contributed by atoms with Gasteiger partial charge in [0, 0.05) is 41.3 Å². The van der Waals surface area contributed by atoms with Gasteiger partial charge in [-0.1, -0.05) is 49.9 Å². The Morgan fingerprint density at radius 1 is 1.09 bits per heavy atom. The second-order valence-electron chi connectivity index (χ2n) is 9.53. The number of aliphatic carboxylic acids is 1. The molecule has 4 rings (SSSR count). The minimum absolute atomic E-state index is 0.00390. The number of nitrogens with zero attached hydrogens (tertiary/aromatic N) is 2. The van der Waals surface area contributed by atoms with Gasteiger partial charge in [0.1, 0.15) is 0 Å². The topological polar surface area (TPSA) is 98.2 Å². The van der Waals surface area contributed by atoms with Crippen LogP contribution in [0.25, 0.3) is 27.7 Å². The second kappa shape index (κ2) is 10.2. The van der Waals surface area contributed by atoms with Gasteiger partial charge in [0.25, 0.3) is 0 Å². The fourth-order valence-corrected chi connectivity index (χ4v) is 5.18. The molecule has 3 N–H and O–H groups in total. The summed E-state index contributed by atoms with van der Waals surface area (Å²) in [5.74, 6) is -0.296. The molecule has 1 aliphatic rings. The van der Waals surface area contributed by atoms with Crippen LogP contribution in [0.1, 0.15) is 63.5 Å². The number of hydrogen-bond donors (Lipinski definition) is 2. The largest absolute Gasteiger partial charge is 0.481 e. The number of carbonyl (C=O) groups is 2. The molecule has 6 heteroatoms. The van der Waals surface area contributed by atoms with E-state index >= 15 is 0 Å². The number of carboxylic acid groups (broad SMARTS) is 1. The second-order valence-corrected chi connectivity index (χ2v) is 9.53. The third-order valence-electron chi connectivity index (χ3n) is 6.80. The Labute approximate surface area is 200 Å². The van der Waals surface area contributed by atoms with Gasteiger partial charge in [0.05, 0.1) is 17.5 Å². The molecule has 0 spiro atoms. The fourth-order valence-electron chi connectivity index (χ4n) is 5.18. The first-order chi connectivity index (χ1) is 16.3. The smallest absolute Gasteiger partial charge is 0.307 e. The Balaban J connectivity index is 1.80. The lowest BCUT2D eigenvalue weighted by Gasteiger charge is -2.16. The first-order valence-electron chi connectivity index (χ1n) is 12.1. The molecule has 1 aromatic carbocycles. The number of fused-ring (bicyclic) bond motifs is 1. The molecule has 1 saturated carbocycles. The van der Waals surface area contributed by atoms with Crippen molar-refractivity contribution < 1.29 is 14.7 Å². The number of hydrogen-bond acceptors (Lipinski definition) is 4. The highest BCUT2D eigenvalue weighted by Crippen LogP contribution is 2.34. The van der Waals surface area contributed by atoms with E-state index in [1.165, 1.54) is 45.4 Å². The van der Waals surface area contributed by atoms with Gasteiger partial charge < -0.3 is 15.4 Å². The summed E-state index contributed by atoms with van der Waals surface area (Å²) in [4.78, 5) is 28.1. The van der Waals surface area contributed by atoms with Crippen LogP contribution < -0.4 is 5.73 Å². The van der Waals surface area contributed by atoms with Gasteiger partial charge in [-0.2, -0.15) is 0 Å². The van der Waals surface area contributed by atoms with Crippen LogP contribution in [-0.4, -0.2) is 26.4 Å². The summed E-state index contributed by atoms with van der Waals surface area (Å²) in [6.45, 7) is 4.19. The lowest BCUT2D eigenvalue weighted by atomic mass is 10.00. The highest BCUT2D eigenvalue weighted by Gasteiger charge is 2.19. The SMILES string of the molecule is CC(=O)C(=C(C)N)c1cnc2c(-c3ccc(CC(=O)O)cc3)cn(CC3CCCCCC3)c2c1. The maximum atomic E-state index is 12.3. The summed E-state index contributed by atoms with van der Waals surface area (Å²) in [5, 5.41) is 9.07. The van der Waals surface area contributed by atoms with Gasteiger partial charge in [-0.05, 0) is 49.8 Å². The predicted molar refractivity (Wildman–Crippen MR) is 135 cm³/mol. The highest BCUT2D eigenvalue weighted by atomic mass is 16.4. The zero-order valence-corrected chi connectivity index (χ0v) is 20.0. The van der Waals surface area contributed by atoms with E-state index in [1.54, 1.807) is 13.1 Å². The summed E-state index contributed by atoms with van der Waals surface area (Å²) >= 11 is 0. The Bertz CT molecular complexity index is 1230. The van der Waals surface area contributed by atoms with E-state index in [1.807, 2.05) is 30.3 Å². The van der Waals surface area contributed by atoms with Crippen LogP contribution in [0.4, 0.5) is 0 Å². The molecule has 2 heterocycles. The van der Waals surface area contributed by atoms with Crippen LogP contribution in [0.2, 0.25) is 0 Å². The van der Waals surface area contributed by atoms with Crippen molar-refractivity contribution >= 4 is 28.4 Å². The molecule has 0 bridgehead atoms. The molecule has 0 amide bonds. The summed E-state index contributed by atoms with van der Waals surface area (Å²) in [5.41, 5.74) is 12.4. The maximum Gasteiger partial charge on any atom is 0.307 e. The molecule has 1 aliphatic carbocycles. The van der Waals surface area contributed by atoms with E-state index in [0.29, 0.717) is 17.2 Å². The van der Waals surface area contributed by atoms with Crippen molar-refractivity contribution in [3.63, 3.8) is 0 Å². The van der Waals surface area contributed by atoms with Crippen molar-refractivity contribution in [3.05, 3.63) is 59.5 Å². The Hall–Kier alpha value is -3.41. The molecule has 1 fully saturated rings. The van der Waals surface area contributed by atoms with E-state index in [2.05, 4.69) is 10.8 Å². The van der Waals surface area contributed by atoms with Gasteiger partial charge in [-0.3, -0.25) is 14.6 Å². The standard InChI is InChI=1S/C28H33N3O3/c1-18(29)27(19(2)32)23-14-25-28(30-15-23)24(22-11-9-20(10-12-22)13-26(33)34)17-31(25)16-21-7-5-3-4-6-8-21/h9-12,14-15,17,21H,3-8,13,16,29H2,1-2H3,(H,33,34). The lowest BCUT2D eigenvalue weighted by molar-refractivity contribution is -0.136. The summed E-state index contributed by atoms with van der Waals surface area (Å²) in [6.07, 6.45) is 11.5. The number of aromatic nitrogens is 2. The number of rotatable bonds is 7. The summed E-state index contributed by atoms with van der Waals surface area (Å²) in [7, 11) is 0. The van der Waals surface area contributed by atoms with Gasteiger partial charge in [-0.25, -0.2) is 0 Å². The Morgan fingerprint density at radius 3 is 2.35 bits per heavy atom. The van der Waals surface area contributed by atoms with Gasteiger partial charge >= 0.3 is 5.97 Å². The Morgan fingerprint density at radius 2 is 1.76 bits per heavy atom. The van der Waals surface area contributed by atoms with Crippen LogP contribution in [0.3, 0.4) is 0 Å². The monoisotopic (exact) mass is 459 g/mol.